The summed E-state index contributed by atoms with van der Waals surface area (Å²) >= 11 is 0. The molecule has 2 nitrogen and oxygen atoms in total. The van der Waals surface area contributed by atoms with Crippen LogP contribution in [0.3, 0.4) is 0 Å². The molecule has 1 aliphatic rings. The third-order valence-corrected chi connectivity index (χ3v) is 2.53. The molecule has 1 heterocycles. The van der Waals surface area contributed by atoms with Gasteiger partial charge in [0.25, 0.3) is 0 Å². The highest BCUT2D eigenvalue weighted by molar-refractivity contribution is 5.32. The molecule has 2 N–H and O–H groups in total. The summed E-state index contributed by atoms with van der Waals surface area (Å²) in [5.41, 5.74) is 8.75. The summed E-state index contributed by atoms with van der Waals surface area (Å²) in [7, 11) is 2.06. The number of nitrogens with two attached hydrogens (primary N) is 1. The van der Waals surface area contributed by atoms with Crippen LogP contribution >= 0.6 is 0 Å². The zero-order valence-electron chi connectivity index (χ0n) is 7.09. The standard InChI is InChI=1S/C9H14N2/c1-7-3-6-11(2)8(7)9(10)4-5-9/h3,6H,4-5,10H2,1-2H3. The van der Waals surface area contributed by atoms with Crippen LogP contribution in [0.1, 0.15) is 24.1 Å². The number of rotatable bonds is 1. The Balaban J connectivity index is 2.50. The molecule has 1 fully saturated rings. The molecule has 0 aliphatic heterocycles. The monoisotopic (exact) mass is 150 g/mol. The van der Waals surface area contributed by atoms with Crippen molar-refractivity contribution in [3.8, 4) is 0 Å². The lowest BCUT2D eigenvalue weighted by Crippen LogP contribution is -2.22. The number of nitrogens with zero attached hydrogens (tertiary/aromatic N) is 1. The van der Waals surface area contributed by atoms with E-state index in [0.29, 0.717) is 0 Å². The summed E-state index contributed by atoms with van der Waals surface area (Å²) in [4.78, 5) is 0. The molecule has 0 unspecified atom stereocenters. The van der Waals surface area contributed by atoms with Crippen LogP contribution in [0, 0.1) is 6.92 Å². The lowest BCUT2D eigenvalue weighted by Gasteiger charge is -2.11. The first-order valence-electron chi connectivity index (χ1n) is 4.05. The molecule has 0 aromatic carbocycles. The van der Waals surface area contributed by atoms with Gasteiger partial charge in [-0.3, -0.25) is 0 Å². The largest absolute Gasteiger partial charge is 0.353 e. The average molecular weight is 150 g/mol. The van der Waals surface area contributed by atoms with E-state index in [4.69, 9.17) is 5.73 Å². The van der Waals surface area contributed by atoms with Crippen molar-refractivity contribution in [1.82, 2.24) is 4.57 Å². The Kier molecular flexibility index (Phi) is 1.19. The second-order valence-electron chi connectivity index (χ2n) is 3.61. The van der Waals surface area contributed by atoms with E-state index in [0.717, 1.165) is 12.8 Å². The van der Waals surface area contributed by atoms with Crippen LogP contribution < -0.4 is 5.73 Å². The van der Waals surface area contributed by atoms with Crippen LogP contribution in [0.5, 0.6) is 0 Å². The third-order valence-electron chi connectivity index (χ3n) is 2.53. The van der Waals surface area contributed by atoms with E-state index in [1.807, 2.05) is 0 Å². The molecular formula is C9H14N2. The topological polar surface area (TPSA) is 30.9 Å². The van der Waals surface area contributed by atoms with Crippen molar-refractivity contribution in [1.29, 1.82) is 0 Å². The quantitative estimate of drug-likeness (QED) is 0.642. The van der Waals surface area contributed by atoms with Crippen molar-refractivity contribution < 1.29 is 0 Å². The van der Waals surface area contributed by atoms with Gasteiger partial charge in [-0.15, -0.1) is 0 Å². The number of hydrogen-bond acceptors (Lipinski definition) is 1. The molecule has 2 rings (SSSR count). The molecule has 60 valence electrons. The highest BCUT2D eigenvalue weighted by atomic mass is 15.0. The van der Waals surface area contributed by atoms with Crippen LogP contribution in [0.4, 0.5) is 0 Å². The average Bonchev–Trinajstić information content (AvgIpc) is 2.56. The molecule has 0 bridgehead atoms. The zero-order chi connectivity index (χ0) is 8.06. The Morgan fingerprint density at radius 2 is 2.18 bits per heavy atom. The van der Waals surface area contributed by atoms with Gasteiger partial charge in [0.15, 0.2) is 0 Å². The maximum Gasteiger partial charge on any atom is 0.0567 e. The van der Waals surface area contributed by atoms with Gasteiger partial charge in [0.2, 0.25) is 0 Å². The van der Waals surface area contributed by atoms with Crippen molar-refractivity contribution in [2.75, 3.05) is 0 Å². The number of hydrogen-bond donors (Lipinski definition) is 1. The fraction of sp³-hybridized carbons (Fsp3) is 0.556. The number of aryl methyl sites for hydroxylation is 2. The highest BCUT2D eigenvalue weighted by Gasteiger charge is 2.42. The predicted molar refractivity (Wildman–Crippen MR) is 45.2 cm³/mol. The Labute approximate surface area is 67.0 Å². The molecule has 1 aliphatic carbocycles. The Hall–Kier alpha value is -0.760. The second-order valence-corrected chi connectivity index (χ2v) is 3.61. The van der Waals surface area contributed by atoms with Crippen LogP contribution in [0.15, 0.2) is 12.3 Å². The maximum absolute atomic E-state index is 6.09. The Morgan fingerprint density at radius 1 is 1.55 bits per heavy atom. The summed E-state index contributed by atoms with van der Waals surface area (Å²) in [6.45, 7) is 2.13. The minimum absolute atomic E-state index is 0.0162. The van der Waals surface area contributed by atoms with E-state index < -0.39 is 0 Å². The van der Waals surface area contributed by atoms with Gasteiger partial charge in [0, 0.05) is 18.9 Å². The van der Waals surface area contributed by atoms with Crippen LogP contribution in [0.2, 0.25) is 0 Å². The predicted octanol–water partition coefficient (Wildman–Crippen LogP) is 1.28. The van der Waals surface area contributed by atoms with Gasteiger partial charge in [0.1, 0.15) is 0 Å². The van der Waals surface area contributed by atoms with Gasteiger partial charge in [0.05, 0.1) is 5.54 Å². The van der Waals surface area contributed by atoms with Gasteiger partial charge in [-0.2, -0.15) is 0 Å². The molecule has 0 saturated heterocycles. The molecular weight excluding hydrogens is 136 g/mol. The van der Waals surface area contributed by atoms with Crippen LogP contribution in [-0.4, -0.2) is 4.57 Å². The van der Waals surface area contributed by atoms with E-state index >= 15 is 0 Å². The minimum atomic E-state index is 0.0162. The SMILES string of the molecule is Cc1ccn(C)c1C1(N)CC1. The first kappa shape index (κ1) is 6.92. The molecule has 0 spiro atoms. The van der Waals surface area contributed by atoms with Crippen molar-refractivity contribution >= 4 is 0 Å². The van der Waals surface area contributed by atoms with Crippen molar-refractivity contribution in [3.05, 3.63) is 23.5 Å². The summed E-state index contributed by atoms with van der Waals surface area (Å²) in [6.07, 6.45) is 4.37. The van der Waals surface area contributed by atoms with Gasteiger partial charge in [-0.25, -0.2) is 0 Å². The zero-order valence-corrected chi connectivity index (χ0v) is 7.09. The van der Waals surface area contributed by atoms with E-state index in [1.165, 1.54) is 11.3 Å². The normalized spacial score (nSPS) is 20.3. The third kappa shape index (κ3) is 0.897. The van der Waals surface area contributed by atoms with Crippen LogP contribution in [0.25, 0.3) is 0 Å². The highest BCUT2D eigenvalue weighted by Crippen LogP contribution is 2.43. The van der Waals surface area contributed by atoms with Crippen molar-refractivity contribution in [2.24, 2.45) is 12.8 Å². The van der Waals surface area contributed by atoms with Crippen molar-refractivity contribution in [3.63, 3.8) is 0 Å². The molecule has 1 aromatic rings. The van der Waals surface area contributed by atoms with Crippen molar-refractivity contribution in [2.45, 2.75) is 25.3 Å². The summed E-state index contributed by atoms with van der Waals surface area (Å²) in [6, 6.07) is 2.13. The van der Waals surface area contributed by atoms with Gasteiger partial charge < -0.3 is 10.3 Å². The molecule has 0 amide bonds. The fourth-order valence-electron chi connectivity index (χ4n) is 1.77. The van der Waals surface area contributed by atoms with Gasteiger partial charge >= 0.3 is 0 Å². The maximum atomic E-state index is 6.09. The molecule has 1 saturated carbocycles. The Morgan fingerprint density at radius 3 is 2.55 bits per heavy atom. The Bertz CT molecular complexity index is 262. The van der Waals surface area contributed by atoms with E-state index in [2.05, 4.69) is 30.8 Å². The number of aromatic nitrogens is 1. The van der Waals surface area contributed by atoms with E-state index in [1.54, 1.807) is 0 Å². The van der Waals surface area contributed by atoms with E-state index in [9.17, 15) is 0 Å². The lowest BCUT2D eigenvalue weighted by atomic mass is 10.1. The second kappa shape index (κ2) is 1.89. The molecule has 1 aromatic heterocycles. The summed E-state index contributed by atoms with van der Waals surface area (Å²) in [5, 5.41) is 0. The minimum Gasteiger partial charge on any atom is -0.353 e. The molecule has 11 heavy (non-hydrogen) atoms. The smallest absolute Gasteiger partial charge is 0.0567 e. The fourth-order valence-corrected chi connectivity index (χ4v) is 1.77. The molecule has 2 heteroatoms. The summed E-state index contributed by atoms with van der Waals surface area (Å²) in [5.74, 6) is 0. The van der Waals surface area contributed by atoms with E-state index in [-0.39, 0.29) is 5.54 Å². The lowest BCUT2D eigenvalue weighted by molar-refractivity contribution is 0.653. The van der Waals surface area contributed by atoms with Crippen LogP contribution in [-0.2, 0) is 12.6 Å². The summed E-state index contributed by atoms with van der Waals surface area (Å²) < 4.78 is 2.14. The molecule has 0 radical (unpaired) electrons. The van der Waals surface area contributed by atoms with Gasteiger partial charge in [-0.05, 0) is 31.4 Å². The first-order valence-corrected chi connectivity index (χ1v) is 4.05. The first-order chi connectivity index (χ1) is 5.13. The molecule has 0 atom stereocenters. The van der Waals surface area contributed by atoms with Gasteiger partial charge in [-0.1, -0.05) is 0 Å².